The number of rotatable bonds is 2. The summed E-state index contributed by atoms with van der Waals surface area (Å²) in [6, 6.07) is 8.07. The van der Waals surface area contributed by atoms with Crippen molar-refractivity contribution in [2.45, 2.75) is 37.2 Å². The Labute approximate surface area is 138 Å². The molecule has 1 N–H and O–H groups in total. The topological polar surface area (TPSA) is 52.7 Å². The van der Waals surface area contributed by atoms with Crippen molar-refractivity contribution in [2.75, 3.05) is 18.4 Å². The van der Waals surface area contributed by atoms with Crippen molar-refractivity contribution in [3.8, 4) is 0 Å². The molecule has 2 aliphatic heterocycles. The molecular weight excluding hydrogens is 346 g/mol. The van der Waals surface area contributed by atoms with Gasteiger partial charge in [0.25, 0.3) is 0 Å². The molecule has 0 radical (unpaired) electrons. The van der Waals surface area contributed by atoms with Crippen molar-refractivity contribution in [1.29, 1.82) is 0 Å². The summed E-state index contributed by atoms with van der Waals surface area (Å²) in [6.07, 6.45) is 1.67. The number of carbonyl (C=O) groups is 2. The normalized spacial score (nSPS) is 20.4. The predicted octanol–water partition coefficient (Wildman–Crippen LogP) is 2.81. The number of para-hydroxylation sites is 1. The third-order valence-electron chi connectivity index (χ3n) is 4.42. The molecule has 0 saturated carbocycles. The van der Waals surface area contributed by atoms with Crippen LogP contribution < -0.4 is 5.32 Å². The van der Waals surface area contributed by atoms with E-state index in [9.17, 15) is 9.59 Å². The minimum absolute atomic E-state index is 0.0302. The molecule has 1 atom stereocenters. The summed E-state index contributed by atoms with van der Waals surface area (Å²) in [4.78, 5) is 27.9. The Morgan fingerprint density at radius 1 is 1.32 bits per heavy atom. The van der Waals surface area contributed by atoms with E-state index < -0.39 is 0 Å². The number of hydrogen-bond acceptors (Lipinski definition) is 2. The van der Waals surface area contributed by atoms with Gasteiger partial charge in [0.15, 0.2) is 0 Å². The first-order valence-corrected chi connectivity index (χ1v) is 8.56. The zero-order valence-corrected chi connectivity index (χ0v) is 14.2. The number of likely N-dealkylation sites (tertiary alicyclic amines) is 1. The van der Waals surface area contributed by atoms with E-state index in [1.54, 1.807) is 0 Å². The molecule has 6 heteroatoms. The molecule has 1 aromatic rings. The second-order valence-electron chi connectivity index (χ2n) is 5.89. The highest BCUT2D eigenvalue weighted by Gasteiger charge is 2.32. The first kappa shape index (κ1) is 15.3. The molecule has 5 nitrogen and oxygen atoms in total. The molecule has 0 aromatic heterocycles. The number of anilines is 1. The molecule has 22 heavy (non-hydrogen) atoms. The summed E-state index contributed by atoms with van der Waals surface area (Å²) in [6.45, 7) is 3.93. The maximum absolute atomic E-state index is 12.3. The van der Waals surface area contributed by atoms with Crippen LogP contribution in [-0.4, -0.2) is 45.7 Å². The molecule has 1 fully saturated rings. The van der Waals surface area contributed by atoms with Crippen LogP contribution in [0.5, 0.6) is 0 Å². The summed E-state index contributed by atoms with van der Waals surface area (Å²) in [7, 11) is 0. The number of piperidine rings is 1. The van der Waals surface area contributed by atoms with Crippen LogP contribution in [0.25, 0.3) is 0 Å². The maximum Gasteiger partial charge on any atom is 0.322 e. The van der Waals surface area contributed by atoms with Gasteiger partial charge in [-0.1, -0.05) is 34.1 Å². The molecule has 0 aliphatic carbocycles. The summed E-state index contributed by atoms with van der Waals surface area (Å²) < 4.78 is 0. The van der Waals surface area contributed by atoms with Crippen LogP contribution in [0, 0.1) is 0 Å². The molecule has 1 aromatic carbocycles. The van der Waals surface area contributed by atoms with Gasteiger partial charge in [-0.15, -0.1) is 0 Å². The summed E-state index contributed by atoms with van der Waals surface area (Å²) in [5.41, 5.74) is 2.05. The van der Waals surface area contributed by atoms with Crippen molar-refractivity contribution in [3.63, 3.8) is 0 Å². The van der Waals surface area contributed by atoms with Gasteiger partial charge in [-0.2, -0.15) is 0 Å². The SMILES string of the molecule is CC(Br)C(=O)N1CCC(N2Cc3ccccc3NC2=O)CC1. The molecule has 0 bridgehead atoms. The standard InChI is InChI=1S/C16H20BrN3O2/c1-11(17)15(21)19-8-6-13(7-9-19)20-10-12-4-2-3-5-14(12)18-16(20)22/h2-5,11,13H,6-10H2,1H3,(H,18,22). The van der Waals surface area contributed by atoms with Gasteiger partial charge in [0.1, 0.15) is 0 Å². The van der Waals surface area contributed by atoms with Crippen LogP contribution in [0.3, 0.4) is 0 Å². The van der Waals surface area contributed by atoms with E-state index in [0.717, 1.165) is 24.1 Å². The third-order valence-corrected chi connectivity index (χ3v) is 4.81. The van der Waals surface area contributed by atoms with Crippen molar-refractivity contribution in [2.24, 2.45) is 0 Å². The molecule has 2 aliphatic rings. The van der Waals surface area contributed by atoms with E-state index in [-0.39, 0.29) is 22.8 Å². The molecular formula is C16H20BrN3O2. The minimum atomic E-state index is -0.144. The molecule has 1 saturated heterocycles. The number of carbonyl (C=O) groups excluding carboxylic acids is 2. The van der Waals surface area contributed by atoms with Gasteiger partial charge in [-0.3, -0.25) is 4.79 Å². The Bertz CT molecular complexity index is 583. The number of nitrogens with one attached hydrogen (secondary N) is 1. The largest absolute Gasteiger partial charge is 0.342 e. The summed E-state index contributed by atoms with van der Waals surface area (Å²) >= 11 is 3.33. The van der Waals surface area contributed by atoms with Gasteiger partial charge in [-0.25, -0.2) is 4.79 Å². The number of fused-ring (bicyclic) bond motifs is 1. The number of hydrogen-bond donors (Lipinski definition) is 1. The van der Waals surface area contributed by atoms with E-state index in [1.165, 1.54) is 0 Å². The third kappa shape index (κ3) is 2.97. The lowest BCUT2D eigenvalue weighted by Gasteiger charge is -2.40. The number of urea groups is 1. The average Bonchev–Trinajstić information content (AvgIpc) is 2.53. The number of alkyl halides is 1. The van der Waals surface area contributed by atoms with E-state index in [4.69, 9.17) is 0 Å². The lowest BCUT2D eigenvalue weighted by Crippen LogP contribution is -2.51. The van der Waals surface area contributed by atoms with Crippen LogP contribution >= 0.6 is 15.9 Å². The molecule has 2 heterocycles. The molecule has 118 valence electrons. The number of halogens is 1. The predicted molar refractivity (Wildman–Crippen MR) is 89.0 cm³/mol. The van der Waals surface area contributed by atoms with E-state index in [1.807, 2.05) is 41.0 Å². The number of benzene rings is 1. The first-order chi connectivity index (χ1) is 10.6. The zero-order valence-electron chi connectivity index (χ0n) is 12.6. The smallest absolute Gasteiger partial charge is 0.322 e. The number of amides is 3. The van der Waals surface area contributed by atoms with Gasteiger partial charge in [0.2, 0.25) is 5.91 Å². The highest BCUT2D eigenvalue weighted by atomic mass is 79.9. The van der Waals surface area contributed by atoms with E-state index in [0.29, 0.717) is 19.6 Å². The van der Waals surface area contributed by atoms with Gasteiger partial charge in [-0.05, 0) is 31.4 Å². The summed E-state index contributed by atoms with van der Waals surface area (Å²) in [5, 5.41) is 2.96. The van der Waals surface area contributed by atoms with Crippen molar-refractivity contribution >= 4 is 33.6 Å². The fourth-order valence-corrected chi connectivity index (χ4v) is 3.46. The maximum atomic E-state index is 12.3. The van der Waals surface area contributed by atoms with Crippen LogP contribution in [0.4, 0.5) is 10.5 Å². The van der Waals surface area contributed by atoms with Crippen molar-refractivity contribution in [3.05, 3.63) is 29.8 Å². The quantitative estimate of drug-likeness (QED) is 0.819. The minimum Gasteiger partial charge on any atom is -0.342 e. The van der Waals surface area contributed by atoms with Gasteiger partial charge >= 0.3 is 6.03 Å². The van der Waals surface area contributed by atoms with Gasteiger partial charge < -0.3 is 15.1 Å². The van der Waals surface area contributed by atoms with Gasteiger partial charge in [0.05, 0.1) is 4.83 Å². The first-order valence-electron chi connectivity index (χ1n) is 7.64. The Morgan fingerprint density at radius 2 is 2.00 bits per heavy atom. The fraction of sp³-hybridized carbons (Fsp3) is 0.500. The lowest BCUT2D eigenvalue weighted by atomic mass is 10.0. The number of nitrogens with zero attached hydrogens (tertiary/aromatic N) is 2. The molecule has 3 amide bonds. The lowest BCUT2D eigenvalue weighted by molar-refractivity contribution is -0.131. The van der Waals surface area contributed by atoms with Gasteiger partial charge in [0, 0.05) is 31.4 Å². The zero-order chi connectivity index (χ0) is 15.7. The Balaban J connectivity index is 1.65. The van der Waals surface area contributed by atoms with Crippen LogP contribution in [0.2, 0.25) is 0 Å². The second kappa shape index (κ2) is 6.28. The Kier molecular flexibility index (Phi) is 4.38. The van der Waals surface area contributed by atoms with E-state index in [2.05, 4.69) is 21.2 Å². The Morgan fingerprint density at radius 3 is 2.68 bits per heavy atom. The monoisotopic (exact) mass is 365 g/mol. The molecule has 0 spiro atoms. The average molecular weight is 366 g/mol. The van der Waals surface area contributed by atoms with Crippen LogP contribution in [0.1, 0.15) is 25.3 Å². The van der Waals surface area contributed by atoms with Crippen LogP contribution in [-0.2, 0) is 11.3 Å². The highest BCUT2D eigenvalue weighted by Crippen LogP contribution is 2.27. The second-order valence-corrected chi connectivity index (χ2v) is 7.26. The fourth-order valence-electron chi connectivity index (χ4n) is 3.17. The molecule has 3 rings (SSSR count). The summed E-state index contributed by atoms with van der Waals surface area (Å²) in [5.74, 6) is 0.131. The molecule has 1 unspecified atom stereocenters. The highest BCUT2D eigenvalue weighted by molar-refractivity contribution is 9.10. The van der Waals surface area contributed by atoms with Crippen molar-refractivity contribution in [1.82, 2.24) is 9.80 Å². The Hall–Kier alpha value is -1.56. The van der Waals surface area contributed by atoms with E-state index >= 15 is 0 Å². The van der Waals surface area contributed by atoms with Crippen LogP contribution in [0.15, 0.2) is 24.3 Å². The van der Waals surface area contributed by atoms with Crippen molar-refractivity contribution < 1.29 is 9.59 Å².